The van der Waals surface area contributed by atoms with Crippen LogP contribution in [0.4, 0.5) is 5.69 Å². The molecule has 0 saturated carbocycles. The van der Waals surface area contributed by atoms with Gasteiger partial charge in [0.05, 0.1) is 6.61 Å². The van der Waals surface area contributed by atoms with Gasteiger partial charge in [-0.3, -0.25) is 4.99 Å². The molecule has 0 amide bonds. The van der Waals surface area contributed by atoms with E-state index in [1.165, 1.54) is 12.1 Å². The number of benzene rings is 1. The number of anilines is 1. The van der Waals surface area contributed by atoms with Crippen molar-refractivity contribution in [2.45, 2.75) is 6.42 Å². The van der Waals surface area contributed by atoms with Crippen LogP contribution in [0, 0.1) is 5.92 Å². The van der Waals surface area contributed by atoms with Crippen LogP contribution in [-0.2, 0) is 4.74 Å². The van der Waals surface area contributed by atoms with E-state index in [2.05, 4.69) is 60.7 Å². The van der Waals surface area contributed by atoms with E-state index < -0.39 is 0 Å². The van der Waals surface area contributed by atoms with E-state index in [1.807, 2.05) is 0 Å². The molecule has 1 unspecified atom stereocenters. The minimum Gasteiger partial charge on any atom is -0.383 e. The number of hydrogen-bond donors (Lipinski definition) is 2. The second kappa shape index (κ2) is 9.00. The summed E-state index contributed by atoms with van der Waals surface area (Å²) in [6, 6.07) is 8.54. The van der Waals surface area contributed by atoms with Gasteiger partial charge in [0, 0.05) is 50.5 Å². The zero-order valence-corrected chi connectivity index (χ0v) is 14.9. The van der Waals surface area contributed by atoms with Gasteiger partial charge in [0.1, 0.15) is 0 Å². The first kappa shape index (κ1) is 17.1. The Morgan fingerprint density at radius 3 is 2.82 bits per heavy atom. The normalized spacial score (nSPS) is 18.6. The lowest BCUT2D eigenvalue weighted by Crippen LogP contribution is -2.41. The van der Waals surface area contributed by atoms with E-state index in [-0.39, 0.29) is 0 Å². The highest BCUT2D eigenvalue weighted by Crippen LogP contribution is 2.24. The Morgan fingerprint density at radius 2 is 2.14 bits per heavy atom. The number of ether oxygens (including phenoxy) is 1. The number of rotatable bonds is 6. The molecule has 122 valence electrons. The molecule has 2 rings (SSSR count). The Bertz CT molecular complexity index is 478. The van der Waals surface area contributed by atoms with Crippen LogP contribution in [0.1, 0.15) is 6.42 Å². The third-order valence-corrected chi connectivity index (χ3v) is 4.39. The monoisotopic (exact) mass is 368 g/mol. The van der Waals surface area contributed by atoms with E-state index in [4.69, 9.17) is 4.74 Å². The fourth-order valence-electron chi connectivity index (χ4n) is 2.62. The van der Waals surface area contributed by atoms with Crippen LogP contribution in [0.5, 0.6) is 0 Å². The summed E-state index contributed by atoms with van der Waals surface area (Å²) in [4.78, 5) is 6.67. The number of guanidine groups is 1. The van der Waals surface area contributed by atoms with Crippen molar-refractivity contribution in [3.63, 3.8) is 0 Å². The Balaban J connectivity index is 1.75. The summed E-state index contributed by atoms with van der Waals surface area (Å²) in [5.41, 5.74) is 1.30. The highest BCUT2D eigenvalue weighted by atomic mass is 79.9. The van der Waals surface area contributed by atoms with Gasteiger partial charge >= 0.3 is 0 Å². The average Bonchev–Trinajstić information content (AvgIpc) is 3.00. The van der Waals surface area contributed by atoms with Crippen molar-refractivity contribution >= 4 is 27.6 Å². The van der Waals surface area contributed by atoms with Crippen molar-refractivity contribution in [1.82, 2.24) is 10.6 Å². The van der Waals surface area contributed by atoms with E-state index in [1.54, 1.807) is 14.2 Å². The molecule has 1 fully saturated rings. The van der Waals surface area contributed by atoms with Crippen LogP contribution in [0.25, 0.3) is 0 Å². The minimum atomic E-state index is 0.643. The van der Waals surface area contributed by atoms with Crippen LogP contribution in [0.3, 0.4) is 0 Å². The standard InChI is InChI=1S/C16H25BrN4O/c1-18-16(19-8-10-22-2)20-11-13-7-9-21(12-13)15-5-3-14(17)4-6-15/h3-6,13H,7-12H2,1-2H3,(H2,18,19,20). The lowest BCUT2D eigenvalue weighted by Gasteiger charge is -2.19. The Kier molecular flexibility index (Phi) is 6.99. The maximum atomic E-state index is 5.03. The maximum Gasteiger partial charge on any atom is 0.191 e. The molecule has 2 N–H and O–H groups in total. The van der Waals surface area contributed by atoms with E-state index >= 15 is 0 Å². The molecule has 0 aliphatic carbocycles. The first-order valence-electron chi connectivity index (χ1n) is 7.67. The minimum absolute atomic E-state index is 0.643. The molecule has 1 aromatic rings. The molecule has 0 bridgehead atoms. The summed E-state index contributed by atoms with van der Waals surface area (Å²) < 4.78 is 6.16. The lowest BCUT2D eigenvalue weighted by atomic mass is 10.1. The second-order valence-electron chi connectivity index (χ2n) is 5.45. The summed E-state index contributed by atoms with van der Waals surface area (Å²) in [6.45, 7) is 4.60. The topological polar surface area (TPSA) is 48.9 Å². The number of halogens is 1. The van der Waals surface area contributed by atoms with E-state index in [0.717, 1.165) is 36.6 Å². The fourth-order valence-corrected chi connectivity index (χ4v) is 2.88. The number of nitrogens with one attached hydrogen (secondary N) is 2. The van der Waals surface area contributed by atoms with Gasteiger partial charge < -0.3 is 20.3 Å². The first-order chi connectivity index (χ1) is 10.7. The molecule has 1 saturated heterocycles. The molecule has 1 aliphatic rings. The molecule has 1 heterocycles. The van der Waals surface area contributed by atoms with Crippen molar-refractivity contribution < 1.29 is 4.74 Å². The van der Waals surface area contributed by atoms with Crippen LogP contribution in [-0.4, -0.2) is 52.9 Å². The van der Waals surface area contributed by atoms with Gasteiger partial charge in [-0.05, 0) is 36.6 Å². The van der Waals surface area contributed by atoms with Crippen LogP contribution < -0.4 is 15.5 Å². The molecular weight excluding hydrogens is 344 g/mol. The number of aliphatic imine (C=N–C) groups is 1. The maximum absolute atomic E-state index is 5.03. The first-order valence-corrected chi connectivity index (χ1v) is 8.46. The van der Waals surface area contributed by atoms with Crippen LogP contribution >= 0.6 is 15.9 Å². The van der Waals surface area contributed by atoms with E-state index in [0.29, 0.717) is 12.5 Å². The van der Waals surface area contributed by atoms with Crippen molar-refractivity contribution in [2.24, 2.45) is 10.9 Å². The molecule has 6 heteroatoms. The number of nitrogens with zero attached hydrogens (tertiary/aromatic N) is 2. The van der Waals surface area contributed by atoms with E-state index in [9.17, 15) is 0 Å². The fraction of sp³-hybridized carbons (Fsp3) is 0.562. The predicted molar refractivity (Wildman–Crippen MR) is 95.7 cm³/mol. The van der Waals surface area contributed by atoms with Crippen LogP contribution in [0.2, 0.25) is 0 Å². The molecule has 1 aliphatic heterocycles. The van der Waals surface area contributed by atoms with Crippen molar-refractivity contribution in [3.05, 3.63) is 28.7 Å². The van der Waals surface area contributed by atoms with Gasteiger partial charge in [0.15, 0.2) is 5.96 Å². The Hall–Kier alpha value is -1.27. The summed E-state index contributed by atoms with van der Waals surface area (Å²) >= 11 is 3.48. The number of methoxy groups -OCH3 is 1. The van der Waals surface area contributed by atoms with Crippen molar-refractivity contribution in [3.8, 4) is 0 Å². The second-order valence-corrected chi connectivity index (χ2v) is 6.37. The zero-order valence-electron chi connectivity index (χ0n) is 13.3. The third-order valence-electron chi connectivity index (χ3n) is 3.86. The van der Waals surface area contributed by atoms with Gasteiger partial charge in [-0.15, -0.1) is 0 Å². The van der Waals surface area contributed by atoms with Crippen molar-refractivity contribution in [1.29, 1.82) is 0 Å². The quantitative estimate of drug-likeness (QED) is 0.458. The highest BCUT2D eigenvalue weighted by Gasteiger charge is 2.22. The smallest absolute Gasteiger partial charge is 0.191 e. The van der Waals surface area contributed by atoms with Crippen LogP contribution in [0.15, 0.2) is 33.7 Å². The van der Waals surface area contributed by atoms with Gasteiger partial charge in [-0.25, -0.2) is 0 Å². The van der Waals surface area contributed by atoms with Crippen molar-refractivity contribution in [2.75, 3.05) is 51.8 Å². The largest absolute Gasteiger partial charge is 0.383 e. The summed E-state index contributed by atoms with van der Waals surface area (Å²) in [5.74, 6) is 1.49. The molecule has 1 atom stereocenters. The molecule has 5 nitrogen and oxygen atoms in total. The van der Waals surface area contributed by atoms with Gasteiger partial charge in [-0.2, -0.15) is 0 Å². The summed E-state index contributed by atoms with van der Waals surface area (Å²) in [6.07, 6.45) is 1.21. The third kappa shape index (κ3) is 5.18. The summed E-state index contributed by atoms with van der Waals surface area (Å²) in [5, 5.41) is 6.64. The molecule has 1 aromatic carbocycles. The Labute approximate surface area is 141 Å². The summed E-state index contributed by atoms with van der Waals surface area (Å²) in [7, 11) is 3.50. The molecular formula is C16H25BrN4O. The van der Waals surface area contributed by atoms with Gasteiger partial charge in [0.25, 0.3) is 0 Å². The van der Waals surface area contributed by atoms with Gasteiger partial charge in [-0.1, -0.05) is 15.9 Å². The average molecular weight is 369 g/mol. The number of hydrogen-bond acceptors (Lipinski definition) is 3. The predicted octanol–water partition coefficient (Wildman–Crippen LogP) is 2.09. The highest BCUT2D eigenvalue weighted by molar-refractivity contribution is 9.10. The molecule has 22 heavy (non-hydrogen) atoms. The SMILES string of the molecule is CN=C(NCCOC)NCC1CCN(c2ccc(Br)cc2)C1. The van der Waals surface area contributed by atoms with Gasteiger partial charge in [0.2, 0.25) is 0 Å². The Morgan fingerprint density at radius 1 is 1.36 bits per heavy atom. The molecule has 0 radical (unpaired) electrons. The molecule has 0 spiro atoms. The molecule has 0 aromatic heterocycles. The lowest BCUT2D eigenvalue weighted by molar-refractivity contribution is 0.203. The zero-order chi connectivity index (χ0) is 15.8.